The van der Waals surface area contributed by atoms with Crippen molar-refractivity contribution in [1.82, 2.24) is 15.3 Å². The molecule has 7 nitrogen and oxygen atoms in total. The number of carbonyl (C=O) groups excluding carboxylic acids is 1. The molecular formula is C15H18N4O3. The van der Waals surface area contributed by atoms with E-state index in [0.29, 0.717) is 48.5 Å². The highest BCUT2D eigenvalue weighted by atomic mass is 16.5. The van der Waals surface area contributed by atoms with Crippen molar-refractivity contribution in [2.75, 3.05) is 25.5 Å². The van der Waals surface area contributed by atoms with Gasteiger partial charge in [-0.05, 0) is 38.1 Å². The number of ether oxygens (including phenoxy) is 1. The van der Waals surface area contributed by atoms with Gasteiger partial charge in [0.15, 0.2) is 0 Å². The Labute approximate surface area is 127 Å². The smallest absolute Gasteiger partial charge is 0.256 e. The summed E-state index contributed by atoms with van der Waals surface area (Å²) in [5.74, 6) is 0.0303. The lowest BCUT2D eigenvalue weighted by atomic mass is 9.91. The van der Waals surface area contributed by atoms with Crippen LogP contribution in [0.5, 0.6) is 5.88 Å². The van der Waals surface area contributed by atoms with Crippen LogP contribution >= 0.6 is 0 Å². The van der Waals surface area contributed by atoms with E-state index in [1.54, 1.807) is 24.4 Å². The van der Waals surface area contributed by atoms with E-state index in [4.69, 9.17) is 4.74 Å². The highest BCUT2D eigenvalue weighted by Gasteiger charge is 2.37. The van der Waals surface area contributed by atoms with Gasteiger partial charge in [0.05, 0.1) is 18.3 Å². The van der Waals surface area contributed by atoms with Crippen LogP contribution in [0.25, 0.3) is 11.0 Å². The van der Waals surface area contributed by atoms with Gasteiger partial charge in [-0.25, -0.2) is 4.98 Å². The molecule has 0 unspecified atom stereocenters. The van der Waals surface area contributed by atoms with Gasteiger partial charge < -0.3 is 20.5 Å². The monoisotopic (exact) mass is 302 g/mol. The van der Waals surface area contributed by atoms with Gasteiger partial charge in [0.1, 0.15) is 11.1 Å². The molecule has 0 aliphatic carbocycles. The molecule has 0 aromatic carbocycles. The normalized spacial score (nSPS) is 17.2. The van der Waals surface area contributed by atoms with E-state index < -0.39 is 11.5 Å². The van der Waals surface area contributed by atoms with Gasteiger partial charge >= 0.3 is 0 Å². The zero-order valence-electron chi connectivity index (χ0n) is 12.3. The van der Waals surface area contributed by atoms with Crippen molar-refractivity contribution < 1.29 is 14.6 Å². The topological polar surface area (TPSA) is 96.4 Å². The number of anilines is 1. The van der Waals surface area contributed by atoms with Gasteiger partial charge in [-0.1, -0.05) is 0 Å². The maximum absolute atomic E-state index is 12.4. The van der Waals surface area contributed by atoms with Gasteiger partial charge in [-0.15, -0.1) is 0 Å². The van der Waals surface area contributed by atoms with Gasteiger partial charge in [-0.2, -0.15) is 0 Å². The largest absolute Gasteiger partial charge is 0.481 e. The van der Waals surface area contributed by atoms with E-state index in [-0.39, 0.29) is 0 Å². The van der Waals surface area contributed by atoms with Gasteiger partial charge in [0.2, 0.25) is 5.88 Å². The van der Waals surface area contributed by atoms with Gasteiger partial charge in [0, 0.05) is 12.3 Å². The van der Waals surface area contributed by atoms with Crippen LogP contribution < -0.4 is 15.4 Å². The second-order valence-corrected chi connectivity index (χ2v) is 5.32. The molecule has 0 bridgehead atoms. The minimum Gasteiger partial charge on any atom is -0.481 e. The molecule has 22 heavy (non-hydrogen) atoms. The number of hydrogen-bond donors (Lipinski definition) is 3. The average Bonchev–Trinajstić information content (AvgIpc) is 2.55. The first-order valence-electron chi connectivity index (χ1n) is 7.17. The van der Waals surface area contributed by atoms with Crippen LogP contribution in [0.1, 0.15) is 12.8 Å². The van der Waals surface area contributed by atoms with E-state index in [1.165, 1.54) is 7.11 Å². The van der Waals surface area contributed by atoms with Crippen molar-refractivity contribution in [2.24, 2.45) is 0 Å². The number of fused-ring (bicyclic) bond motifs is 1. The quantitative estimate of drug-likeness (QED) is 0.772. The van der Waals surface area contributed by atoms with Crippen molar-refractivity contribution in [3.8, 4) is 5.88 Å². The average molecular weight is 302 g/mol. The molecule has 0 radical (unpaired) electrons. The van der Waals surface area contributed by atoms with Crippen molar-refractivity contribution in [1.29, 1.82) is 0 Å². The molecule has 2 aromatic rings. The molecule has 0 atom stereocenters. The summed E-state index contributed by atoms with van der Waals surface area (Å²) in [5, 5.41) is 16.4. The number of carbonyl (C=O) groups is 1. The van der Waals surface area contributed by atoms with Crippen molar-refractivity contribution in [2.45, 2.75) is 18.4 Å². The second kappa shape index (κ2) is 5.86. The van der Waals surface area contributed by atoms with Crippen LogP contribution in [0.3, 0.4) is 0 Å². The number of methoxy groups -OCH3 is 1. The van der Waals surface area contributed by atoms with Gasteiger partial charge in [-0.3, -0.25) is 9.78 Å². The molecule has 1 fully saturated rings. The van der Waals surface area contributed by atoms with Crippen molar-refractivity contribution >= 4 is 22.6 Å². The van der Waals surface area contributed by atoms with E-state index in [1.807, 2.05) is 0 Å². The number of pyridine rings is 2. The summed E-state index contributed by atoms with van der Waals surface area (Å²) in [6.07, 6.45) is 2.37. The van der Waals surface area contributed by atoms with E-state index in [2.05, 4.69) is 20.6 Å². The van der Waals surface area contributed by atoms with Crippen LogP contribution in [0.15, 0.2) is 24.4 Å². The maximum atomic E-state index is 12.4. The highest BCUT2D eigenvalue weighted by molar-refractivity contribution is 6.02. The van der Waals surface area contributed by atoms with Crippen LogP contribution in [-0.4, -0.2) is 46.8 Å². The highest BCUT2D eigenvalue weighted by Crippen LogP contribution is 2.25. The molecule has 0 spiro atoms. The first kappa shape index (κ1) is 14.7. The number of rotatable bonds is 3. The zero-order valence-corrected chi connectivity index (χ0v) is 12.3. The Hall–Kier alpha value is -2.25. The first-order valence-corrected chi connectivity index (χ1v) is 7.17. The lowest BCUT2D eigenvalue weighted by Gasteiger charge is -2.31. The fraction of sp³-hybridized carbons (Fsp3) is 0.400. The third-order valence-corrected chi connectivity index (χ3v) is 3.87. The molecule has 1 amide bonds. The fourth-order valence-electron chi connectivity index (χ4n) is 2.53. The molecule has 116 valence electrons. The second-order valence-electron chi connectivity index (χ2n) is 5.32. The molecule has 1 saturated heterocycles. The Morgan fingerprint density at radius 1 is 1.36 bits per heavy atom. The molecule has 2 aromatic heterocycles. The number of hydrogen-bond acceptors (Lipinski definition) is 6. The fourth-order valence-corrected chi connectivity index (χ4v) is 2.53. The number of aliphatic hydroxyl groups is 1. The Balaban J connectivity index is 1.91. The predicted molar refractivity (Wildman–Crippen MR) is 81.8 cm³/mol. The number of piperidine rings is 1. The minimum atomic E-state index is -1.35. The number of nitrogens with one attached hydrogen (secondary N) is 2. The standard InChI is InChI=1S/C15H18N4O3/c1-22-12-3-2-10-13(19-12)11(4-7-17-10)18-14(20)15(21)5-8-16-9-6-15/h2-4,7,16,21H,5-6,8-9H2,1H3,(H,17,18,20). The summed E-state index contributed by atoms with van der Waals surface area (Å²) in [5.41, 5.74) is 0.351. The molecule has 0 saturated carbocycles. The number of nitrogens with zero attached hydrogens (tertiary/aromatic N) is 2. The van der Waals surface area contributed by atoms with Crippen LogP contribution in [0.2, 0.25) is 0 Å². The Kier molecular flexibility index (Phi) is 3.91. The van der Waals surface area contributed by atoms with Crippen LogP contribution in [0.4, 0.5) is 5.69 Å². The van der Waals surface area contributed by atoms with E-state index >= 15 is 0 Å². The Bertz CT molecular complexity index is 698. The molecular weight excluding hydrogens is 284 g/mol. The van der Waals surface area contributed by atoms with E-state index in [9.17, 15) is 9.90 Å². The number of aromatic nitrogens is 2. The van der Waals surface area contributed by atoms with Gasteiger partial charge in [0.25, 0.3) is 5.91 Å². The lowest BCUT2D eigenvalue weighted by molar-refractivity contribution is -0.136. The summed E-state index contributed by atoms with van der Waals surface area (Å²) >= 11 is 0. The molecule has 1 aliphatic heterocycles. The molecule has 3 heterocycles. The number of amides is 1. The molecule has 1 aliphatic rings. The minimum absolute atomic E-state index is 0.387. The van der Waals surface area contributed by atoms with Crippen LogP contribution in [-0.2, 0) is 4.79 Å². The Morgan fingerprint density at radius 3 is 2.86 bits per heavy atom. The summed E-state index contributed by atoms with van der Waals surface area (Å²) in [4.78, 5) is 21.0. The molecule has 7 heteroatoms. The summed E-state index contributed by atoms with van der Waals surface area (Å²) < 4.78 is 5.11. The van der Waals surface area contributed by atoms with E-state index in [0.717, 1.165) is 0 Å². The third kappa shape index (κ3) is 2.72. The molecule has 3 rings (SSSR count). The van der Waals surface area contributed by atoms with Crippen molar-refractivity contribution in [3.63, 3.8) is 0 Å². The maximum Gasteiger partial charge on any atom is 0.256 e. The van der Waals surface area contributed by atoms with Crippen LogP contribution in [0, 0.1) is 0 Å². The SMILES string of the molecule is COc1ccc2nccc(NC(=O)C3(O)CCNCC3)c2n1. The first-order chi connectivity index (χ1) is 10.6. The zero-order chi connectivity index (χ0) is 15.6. The Morgan fingerprint density at radius 2 is 2.14 bits per heavy atom. The predicted octanol–water partition coefficient (Wildman–Crippen LogP) is 0.691. The lowest BCUT2D eigenvalue weighted by Crippen LogP contribution is -2.50. The summed E-state index contributed by atoms with van der Waals surface area (Å²) in [7, 11) is 1.53. The third-order valence-electron chi connectivity index (χ3n) is 3.87. The molecule has 3 N–H and O–H groups in total. The summed E-state index contributed by atoms with van der Waals surface area (Å²) in [6.45, 7) is 1.24. The summed E-state index contributed by atoms with van der Waals surface area (Å²) in [6, 6.07) is 5.15. The van der Waals surface area contributed by atoms with Crippen molar-refractivity contribution in [3.05, 3.63) is 24.4 Å².